The van der Waals surface area contributed by atoms with E-state index in [4.69, 9.17) is 4.74 Å². The first kappa shape index (κ1) is 19.6. The number of nitrogens with one attached hydrogen (secondary N) is 2. The van der Waals surface area contributed by atoms with E-state index in [0.29, 0.717) is 24.4 Å². The highest BCUT2D eigenvalue weighted by Crippen LogP contribution is 2.23. The number of carbonyl (C=O) groups excluding carboxylic acids is 1. The third-order valence-corrected chi connectivity index (χ3v) is 3.68. The third kappa shape index (κ3) is 5.65. The van der Waals surface area contributed by atoms with Gasteiger partial charge in [0.15, 0.2) is 0 Å². The normalized spacial score (nSPS) is 21.4. The average molecular weight is 364 g/mol. The molecule has 2 N–H and O–H groups in total. The Kier molecular flexibility index (Phi) is 6.74. The van der Waals surface area contributed by atoms with Crippen LogP contribution in [0.4, 0.5) is 23.2 Å². The van der Waals surface area contributed by atoms with E-state index in [9.17, 15) is 22.4 Å². The van der Waals surface area contributed by atoms with Crippen molar-refractivity contribution in [2.24, 2.45) is 0 Å². The molecule has 1 heterocycles. The number of carbonyl (C=O) groups is 1. The fourth-order valence-corrected chi connectivity index (χ4v) is 2.35. The van der Waals surface area contributed by atoms with Gasteiger partial charge in [-0.2, -0.15) is 8.78 Å². The molecular weight excluding hydrogens is 344 g/mol. The topological polar surface area (TPSA) is 59.6 Å². The number of morpholine rings is 1. The van der Waals surface area contributed by atoms with Crippen molar-refractivity contribution in [3.63, 3.8) is 0 Å². The maximum Gasteiger partial charge on any atom is 0.330 e. The van der Waals surface area contributed by atoms with Crippen LogP contribution < -0.4 is 10.6 Å². The van der Waals surface area contributed by atoms with Gasteiger partial charge in [0.2, 0.25) is 5.91 Å². The van der Waals surface area contributed by atoms with Crippen molar-refractivity contribution in [2.75, 3.05) is 25.1 Å². The standard InChI is InChI=1S/C16H20F4N2O3/c1-10-13(21-5-6-25-10)14(23)22-12-4-2-3-11(7-12)8-24-9-16(19,20)15(17)18/h2-4,7,10,13,15,21H,5-6,8-9H2,1H3,(H,22,23)/t10-,13+/m1/s1. The van der Waals surface area contributed by atoms with E-state index < -0.39 is 25.0 Å². The first-order valence-corrected chi connectivity index (χ1v) is 7.78. The van der Waals surface area contributed by atoms with Gasteiger partial charge in [-0.05, 0) is 24.6 Å². The maximum atomic E-state index is 12.8. The van der Waals surface area contributed by atoms with Gasteiger partial charge < -0.3 is 20.1 Å². The van der Waals surface area contributed by atoms with Crippen molar-refractivity contribution >= 4 is 11.6 Å². The molecule has 1 aromatic carbocycles. The summed E-state index contributed by atoms with van der Waals surface area (Å²) in [6.07, 6.45) is -4.05. The number of alkyl halides is 4. The van der Waals surface area contributed by atoms with Crippen LogP contribution in [0.5, 0.6) is 0 Å². The van der Waals surface area contributed by atoms with Crippen molar-refractivity contribution in [3.8, 4) is 0 Å². The molecule has 5 nitrogen and oxygen atoms in total. The number of ether oxygens (including phenoxy) is 2. The third-order valence-electron chi connectivity index (χ3n) is 3.68. The second-order valence-electron chi connectivity index (χ2n) is 5.75. The molecule has 9 heteroatoms. The van der Waals surface area contributed by atoms with Gasteiger partial charge in [-0.25, -0.2) is 8.78 Å². The minimum Gasteiger partial charge on any atom is -0.375 e. The number of benzene rings is 1. The van der Waals surface area contributed by atoms with Crippen LogP contribution in [0, 0.1) is 0 Å². The predicted molar refractivity (Wildman–Crippen MR) is 82.9 cm³/mol. The Hall–Kier alpha value is -1.71. The molecule has 0 bridgehead atoms. The van der Waals surface area contributed by atoms with Crippen molar-refractivity contribution in [2.45, 2.75) is 38.0 Å². The molecule has 1 amide bonds. The number of rotatable bonds is 7. The molecule has 0 spiro atoms. The lowest BCUT2D eigenvalue weighted by molar-refractivity contribution is -0.168. The van der Waals surface area contributed by atoms with Gasteiger partial charge in [0.1, 0.15) is 12.6 Å². The lowest BCUT2D eigenvalue weighted by Gasteiger charge is -2.29. The molecule has 0 aliphatic carbocycles. The van der Waals surface area contributed by atoms with E-state index in [1.165, 1.54) is 6.07 Å². The van der Waals surface area contributed by atoms with E-state index in [1.807, 2.05) is 0 Å². The number of hydrogen-bond donors (Lipinski definition) is 2. The number of anilines is 1. The zero-order valence-electron chi connectivity index (χ0n) is 13.6. The van der Waals surface area contributed by atoms with Crippen LogP contribution in [0.3, 0.4) is 0 Å². The quantitative estimate of drug-likeness (QED) is 0.730. The summed E-state index contributed by atoms with van der Waals surface area (Å²) in [5.74, 6) is -4.47. The van der Waals surface area contributed by atoms with E-state index >= 15 is 0 Å². The molecule has 140 valence electrons. The highest BCUT2D eigenvalue weighted by Gasteiger charge is 2.40. The second kappa shape index (κ2) is 8.59. The molecule has 0 saturated carbocycles. The number of amides is 1. The molecule has 25 heavy (non-hydrogen) atoms. The SMILES string of the molecule is C[C@H]1OCCN[C@@H]1C(=O)Nc1cccc(COCC(F)(F)C(F)F)c1. The number of hydrogen-bond acceptors (Lipinski definition) is 4. The molecule has 2 rings (SSSR count). The van der Waals surface area contributed by atoms with Crippen molar-refractivity contribution < 1.29 is 31.8 Å². The van der Waals surface area contributed by atoms with Gasteiger partial charge in [-0.1, -0.05) is 12.1 Å². The molecular formula is C16H20F4N2O3. The van der Waals surface area contributed by atoms with Crippen LogP contribution in [0.15, 0.2) is 24.3 Å². The van der Waals surface area contributed by atoms with Gasteiger partial charge in [-0.3, -0.25) is 4.79 Å². The Morgan fingerprint density at radius 3 is 2.92 bits per heavy atom. The molecule has 0 aromatic heterocycles. The molecule has 1 aliphatic rings. The summed E-state index contributed by atoms with van der Waals surface area (Å²) in [5, 5.41) is 5.75. The first-order valence-electron chi connectivity index (χ1n) is 7.78. The van der Waals surface area contributed by atoms with Crippen LogP contribution in [0.25, 0.3) is 0 Å². The zero-order valence-corrected chi connectivity index (χ0v) is 13.6. The van der Waals surface area contributed by atoms with Crippen LogP contribution >= 0.6 is 0 Å². The first-order chi connectivity index (χ1) is 11.8. The van der Waals surface area contributed by atoms with Gasteiger partial charge in [0.05, 0.1) is 19.3 Å². The summed E-state index contributed by atoms with van der Waals surface area (Å²) in [6, 6.07) is 5.85. The fourth-order valence-electron chi connectivity index (χ4n) is 2.35. The van der Waals surface area contributed by atoms with Gasteiger partial charge in [0, 0.05) is 12.2 Å². The fraction of sp³-hybridized carbons (Fsp3) is 0.562. The maximum absolute atomic E-state index is 12.8. The Labute approximate surface area is 142 Å². The zero-order chi connectivity index (χ0) is 18.4. The van der Waals surface area contributed by atoms with Crippen molar-refractivity contribution in [3.05, 3.63) is 29.8 Å². The highest BCUT2D eigenvalue weighted by atomic mass is 19.3. The van der Waals surface area contributed by atoms with Crippen LogP contribution in [0.2, 0.25) is 0 Å². The summed E-state index contributed by atoms with van der Waals surface area (Å²) >= 11 is 0. The van der Waals surface area contributed by atoms with Crippen molar-refractivity contribution in [1.82, 2.24) is 5.32 Å². The van der Waals surface area contributed by atoms with Crippen LogP contribution in [0.1, 0.15) is 12.5 Å². The molecule has 1 aromatic rings. The van der Waals surface area contributed by atoms with E-state index in [1.54, 1.807) is 25.1 Å². The van der Waals surface area contributed by atoms with E-state index in [0.717, 1.165) is 0 Å². The molecule has 1 fully saturated rings. The summed E-state index contributed by atoms with van der Waals surface area (Å²) in [4.78, 5) is 12.2. The average Bonchev–Trinajstić information content (AvgIpc) is 2.55. The van der Waals surface area contributed by atoms with Crippen LogP contribution in [-0.2, 0) is 20.9 Å². The molecule has 2 atom stereocenters. The minimum atomic E-state index is -4.19. The molecule has 0 unspecified atom stereocenters. The molecule has 0 radical (unpaired) electrons. The lowest BCUT2D eigenvalue weighted by Crippen LogP contribution is -2.53. The Morgan fingerprint density at radius 1 is 1.48 bits per heavy atom. The molecule has 1 saturated heterocycles. The lowest BCUT2D eigenvalue weighted by atomic mass is 10.1. The molecule has 1 aliphatic heterocycles. The Morgan fingerprint density at radius 2 is 2.24 bits per heavy atom. The van der Waals surface area contributed by atoms with Gasteiger partial charge in [-0.15, -0.1) is 0 Å². The second-order valence-corrected chi connectivity index (χ2v) is 5.75. The van der Waals surface area contributed by atoms with Crippen molar-refractivity contribution in [1.29, 1.82) is 0 Å². The minimum absolute atomic E-state index is 0.271. The summed E-state index contributed by atoms with van der Waals surface area (Å²) < 4.78 is 59.8. The summed E-state index contributed by atoms with van der Waals surface area (Å²) in [7, 11) is 0. The highest BCUT2D eigenvalue weighted by molar-refractivity contribution is 5.95. The van der Waals surface area contributed by atoms with Gasteiger partial charge >= 0.3 is 12.3 Å². The number of halogens is 4. The summed E-state index contributed by atoms with van der Waals surface area (Å²) in [5.41, 5.74) is 0.926. The monoisotopic (exact) mass is 364 g/mol. The smallest absolute Gasteiger partial charge is 0.330 e. The van der Waals surface area contributed by atoms with E-state index in [2.05, 4.69) is 15.4 Å². The van der Waals surface area contributed by atoms with Gasteiger partial charge in [0.25, 0.3) is 0 Å². The predicted octanol–water partition coefficient (Wildman–Crippen LogP) is 2.42. The Balaban J connectivity index is 1.89. The van der Waals surface area contributed by atoms with Crippen LogP contribution in [-0.4, -0.2) is 50.2 Å². The van der Waals surface area contributed by atoms with E-state index in [-0.39, 0.29) is 18.6 Å². The summed E-state index contributed by atoms with van der Waals surface area (Å²) in [6.45, 7) is 1.23. The Bertz CT molecular complexity index is 586. The largest absolute Gasteiger partial charge is 0.375 e.